The van der Waals surface area contributed by atoms with Crippen LogP contribution in [0.5, 0.6) is 0 Å². The monoisotopic (exact) mass is 1510 g/mol. The number of nitrogens with one attached hydrogen (secondary N) is 2. The van der Waals surface area contributed by atoms with Gasteiger partial charge >= 0.3 is 39.5 Å². The average molecular weight is 1510 g/mol. The SMILES string of the molecule is CCCCCCCCCCCCCCCC(=O)OCC(COP(=O)(O)OCCNC(=O)CCCC(C)=O)OC(=O)CCCCCCCCCCCCCCC.CCCCCCCCCCCCCCCC(=O)OCC(COP(=O)(O)OCCNC)OC(=O)CCCCCCCCCCCCCCC. The average Bonchev–Trinajstić information content (AvgIpc) is 0.957. The molecular weight excluding hydrogens is 1350 g/mol. The maximum Gasteiger partial charge on any atom is 0.472 e. The molecule has 103 heavy (non-hydrogen) atoms. The van der Waals surface area contributed by atoms with Crippen molar-refractivity contribution in [3.8, 4) is 0 Å². The van der Waals surface area contributed by atoms with Gasteiger partial charge in [0, 0.05) is 51.6 Å². The summed E-state index contributed by atoms with van der Waals surface area (Å²) in [6, 6.07) is 0. The number of Topliss-reactive ketones (excluding diaryl/α,β-unsaturated/α-hetero) is 1. The van der Waals surface area contributed by atoms with Crippen LogP contribution < -0.4 is 10.6 Å². The van der Waals surface area contributed by atoms with Gasteiger partial charge in [0.2, 0.25) is 5.91 Å². The molecule has 0 aliphatic rings. The van der Waals surface area contributed by atoms with Crippen LogP contribution in [0, 0.1) is 0 Å². The van der Waals surface area contributed by atoms with Crippen LogP contribution >= 0.6 is 15.6 Å². The zero-order valence-corrected chi connectivity index (χ0v) is 68.6. The first-order valence-corrected chi connectivity index (χ1v) is 45.3. The van der Waals surface area contributed by atoms with Gasteiger partial charge in [0.05, 0.1) is 26.4 Å². The number of hydrogen-bond acceptors (Lipinski definition) is 17. The molecule has 4 N–H and O–H groups in total. The summed E-state index contributed by atoms with van der Waals surface area (Å²) < 4.78 is 66.6. The standard InChI is InChI=1S/C43H82NO10P.C38H76NO8P/c1-4-6-8-10-12-14-16-18-20-22-24-26-28-33-42(47)51-37-40(38-53-55(49,50)52-36-35-44-41(46)32-30-31-39(3)45)54-43(48)34-29-27-25-23-21-19-17-15-13-11-9-7-5-2;1-4-6-8-10-12-14-16-18-20-22-24-26-28-30-37(40)44-34-36(35-46-48(42,43)45-33-32-39-3)47-38(41)31-29-27-25-23-21-19-17-15-13-11-9-7-5-2/h40H,4-38H2,1-3H3,(H,44,46)(H,49,50);36,39H,4-35H2,1-3H3,(H,42,43). The summed E-state index contributed by atoms with van der Waals surface area (Å²) in [6.07, 6.45) is 62.8. The highest BCUT2D eigenvalue weighted by molar-refractivity contribution is 7.47. The zero-order valence-electron chi connectivity index (χ0n) is 66.9. The maximum atomic E-state index is 12.7. The highest BCUT2D eigenvalue weighted by atomic mass is 31.2. The Balaban J connectivity index is 0. The Labute approximate surface area is 629 Å². The molecule has 0 aromatic carbocycles. The number of esters is 4. The number of carbonyl (C=O) groups excluding carboxylic acids is 6. The number of ether oxygens (including phenoxy) is 4. The van der Waals surface area contributed by atoms with Crippen molar-refractivity contribution in [1.29, 1.82) is 0 Å². The Morgan fingerprint density at radius 1 is 0.301 bits per heavy atom. The smallest absolute Gasteiger partial charge is 0.462 e. The molecule has 0 aliphatic carbocycles. The van der Waals surface area contributed by atoms with E-state index in [0.717, 1.165) is 70.6 Å². The van der Waals surface area contributed by atoms with Crippen molar-refractivity contribution in [3.63, 3.8) is 0 Å². The fourth-order valence-corrected chi connectivity index (χ4v) is 13.5. The van der Waals surface area contributed by atoms with Gasteiger partial charge in [-0.15, -0.1) is 0 Å². The van der Waals surface area contributed by atoms with E-state index in [1.165, 1.54) is 251 Å². The van der Waals surface area contributed by atoms with E-state index in [0.29, 0.717) is 45.1 Å². The molecule has 0 aromatic heterocycles. The maximum absolute atomic E-state index is 12.7. The van der Waals surface area contributed by atoms with E-state index in [4.69, 9.17) is 37.0 Å². The van der Waals surface area contributed by atoms with Crippen molar-refractivity contribution in [2.45, 2.75) is 426 Å². The first kappa shape index (κ1) is 102. The van der Waals surface area contributed by atoms with Gasteiger partial charge in [0.15, 0.2) is 12.2 Å². The van der Waals surface area contributed by atoms with Gasteiger partial charge in [-0.3, -0.25) is 42.1 Å². The van der Waals surface area contributed by atoms with Crippen molar-refractivity contribution < 1.29 is 84.7 Å². The van der Waals surface area contributed by atoms with E-state index >= 15 is 0 Å². The molecule has 0 saturated carbocycles. The van der Waals surface area contributed by atoms with E-state index in [9.17, 15) is 47.7 Å². The van der Waals surface area contributed by atoms with Gasteiger partial charge in [-0.05, 0) is 46.1 Å². The number of hydrogen-bond donors (Lipinski definition) is 4. The van der Waals surface area contributed by atoms with E-state index < -0.39 is 59.0 Å². The second-order valence-corrected chi connectivity index (χ2v) is 31.7. The number of phosphoric ester groups is 2. The van der Waals surface area contributed by atoms with Crippen LogP contribution in [0.1, 0.15) is 413 Å². The molecule has 4 unspecified atom stereocenters. The first-order chi connectivity index (χ1) is 49.9. The van der Waals surface area contributed by atoms with Crippen molar-refractivity contribution in [1.82, 2.24) is 10.6 Å². The van der Waals surface area contributed by atoms with Gasteiger partial charge in [-0.1, -0.05) is 336 Å². The minimum atomic E-state index is -4.55. The summed E-state index contributed by atoms with van der Waals surface area (Å²) in [5, 5.41) is 5.38. The summed E-state index contributed by atoms with van der Waals surface area (Å²) in [5.74, 6) is -1.98. The summed E-state index contributed by atoms with van der Waals surface area (Å²) in [4.78, 5) is 93.1. The second-order valence-electron chi connectivity index (χ2n) is 28.8. The van der Waals surface area contributed by atoms with Crippen molar-refractivity contribution in [3.05, 3.63) is 0 Å². The fourth-order valence-electron chi connectivity index (χ4n) is 12.0. The number of likely N-dealkylation sites (N-methyl/N-ethyl adjacent to an activating group) is 1. The predicted molar refractivity (Wildman–Crippen MR) is 418 cm³/mol. The lowest BCUT2D eigenvalue weighted by Gasteiger charge is -2.20. The highest BCUT2D eigenvalue weighted by Crippen LogP contribution is 2.44. The molecule has 0 saturated heterocycles. The van der Waals surface area contributed by atoms with Crippen LogP contribution in [0.2, 0.25) is 0 Å². The predicted octanol–water partition coefficient (Wildman–Crippen LogP) is 22.2. The van der Waals surface area contributed by atoms with Gasteiger partial charge in [0.25, 0.3) is 0 Å². The van der Waals surface area contributed by atoms with E-state index in [1.54, 1.807) is 7.05 Å². The highest BCUT2D eigenvalue weighted by Gasteiger charge is 2.28. The van der Waals surface area contributed by atoms with Gasteiger partial charge in [-0.2, -0.15) is 0 Å². The fraction of sp³-hybridized carbons (Fsp3) is 0.926. The normalized spacial score (nSPS) is 13.1. The quantitative estimate of drug-likeness (QED) is 0.0191. The molecule has 0 rings (SSSR count). The largest absolute Gasteiger partial charge is 0.472 e. The lowest BCUT2D eigenvalue weighted by Crippen LogP contribution is -2.30. The second kappa shape index (κ2) is 78.8. The molecule has 610 valence electrons. The number of rotatable bonds is 80. The van der Waals surface area contributed by atoms with Crippen LogP contribution in [-0.4, -0.2) is 117 Å². The first-order valence-electron chi connectivity index (χ1n) is 42.3. The lowest BCUT2D eigenvalue weighted by atomic mass is 10.0. The van der Waals surface area contributed by atoms with Crippen LogP contribution in [0.4, 0.5) is 0 Å². The molecule has 0 aromatic rings. The third-order valence-corrected chi connectivity index (χ3v) is 20.4. The molecule has 0 fully saturated rings. The molecule has 22 heteroatoms. The van der Waals surface area contributed by atoms with Gasteiger partial charge in [-0.25, -0.2) is 9.13 Å². The van der Waals surface area contributed by atoms with Crippen molar-refractivity contribution >= 4 is 51.2 Å². The molecule has 0 heterocycles. The van der Waals surface area contributed by atoms with Gasteiger partial charge in [0.1, 0.15) is 19.0 Å². The Kier molecular flexibility index (Phi) is 78.2. The van der Waals surface area contributed by atoms with E-state index in [-0.39, 0.29) is 76.3 Å². The molecule has 0 aliphatic heterocycles. The number of carbonyl (C=O) groups is 6. The molecular formula is C81H158N2O18P2. The number of unbranched alkanes of at least 4 members (excludes halogenated alkanes) is 48. The Morgan fingerprint density at radius 2 is 0.544 bits per heavy atom. The van der Waals surface area contributed by atoms with E-state index in [2.05, 4.69) is 38.3 Å². The number of amides is 1. The van der Waals surface area contributed by atoms with Crippen LogP contribution in [0.3, 0.4) is 0 Å². The zero-order chi connectivity index (χ0) is 76.1. The summed E-state index contributed by atoms with van der Waals surface area (Å²) >= 11 is 0. The van der Waals surface area contributed by atoms with Gasteiger partial charge < -0.3 is 44.2 Å². The molecule has 0 spiro atoms. The minimum Gasteiger partial charge on any atom is -0.462 e. The molecule has 20 nitrogen and oxygen atoms in total. The molecule has 4 atom stereocenters. The summed E-state index contributed by atoms with van der Waals surface area (Å²) in [6.45, 7) is 9.07. The third kappa shape index (κ3) is 81.6. The van der Waals surface area contributed by atoms with Crippen molar-refractivity contribution in [2.75, 3.05) is 59.8 Å². The molecule has 0 bridgehead atoms. The Bertz CT molecular complexity index is 2040. The Hall–Kier alpha value is -2.80. The topological polar surface area (TPSA) is 275 Å². The number of ketones is 1. The summed E-state index contributed by atoms with van der Waals surface area (Å²) in [5.41, 5.74) is 0. The van der Waals surface area contributed by atoms with Crippen LogP contribution in [0.15, 0.2) is 0 Å². The molecule has 0 radical (unpaired) electrons. The summed E-state index contributed by atoms with van der Waals surface area (Å²) in [7, 11) is -7.19. The van der Waals surface area contributed by atoms with Crippen LogP contribution in [-0.2, 0) is 74.9 Å². The molecule has 1 amide bonds. The lowest BCUT2D eigenvalue weighted by molar-refractivity contribution is -0.161. The Morgan fingerprint density at radius 3 is 0.796 bits per heavy atom. The third-order valence-electron chi connectivity index (χ3n) is 18.5. The van der Waals surface area contributed by atoms with E-state index in [1.807, 2.05) is 0 Å². The number of phosphoric acid groups is 2. The van der Waals surface area contributed by atoms with Crippen molar-refractivity contribution in [2.24, 2.45) is 0 Å². The van der Waals surface area contributed by atoms with Crippen LogP contribution in [0.25, 0.3) is 0 Å². The minimum absolute atomic E-state index is 0.00245.